The van der Waals surface area contributed by atoms with Crippen LogP contribution in [0.15, 0.2) is 23.1 Å². The van der Waals surface area contributed by atoms with Gasteiger partial charge in [-0.2, -0.15) is 0 Å². The lowest BCUT2D eigenvalue weighted by molar-refractivity contribution is -0.384. The maximum absolute atomic E-state index is 11.4. The minimum absolute atomic E-state index is 0.0410. The van der Waals surface area contributed by atoms with Gasteiger partial charge in [-0.25, -0.2) is 8.42 Å². The number of anilines is 1. The van der Waals surface area contributed by atoms with E-state index in [0.29, 0.717) is 12.2 Å². The number of benzene rings is 1. The molecule has 1 N–H and O–H groups in total. The van der Waals surface area contributed by atoms with Crippen LogP contribution in [0.4, 0.5) is 11.4 Å². The van der Waals surface area contributed by atoms with E-state index in [1.807, 2.05) is 0 Å². The van der Waals surface area contributed by atoms with Gasteiger partial charge in [0.25, 0.3) is 5.69 Å². The molecule has 1 rings (SSSR count). The second kappa shape index (κ2) is 7.23. The summed E-state index contributed by atoms with van der Waals surface area (Å²) >= 11 is 0. The molecule has 0 radical (unpaired) electrons. The quantitative estimate of drug-likeness (QED) is 0.453. The first-order valence-electron chi connectivity index (χ1n) is 6.58. The Morgan fingerprint density at radius 1 is 1.25 bits per heavy atom. The highest BCUT2D eigenvalue weighted by atomic mass is 32.2. The zero-order valence-electron chi connectivity index (χ0n) is 11.8. The molecule has 0 saturated heterocycles. The molecule has 6 nitrogen and oxygen atoms in total. The highest BCUT2D eigenvalue weighted by Gasteiger charge is 2.18. The standard InChI is InChI=1S/C13H20N2O4S/c1-3-4-5-6-9-14-12-8-7-11(20(2,18)19)10-13(12)15(16)17/h7-8,10,14H,3-6,9H2,1-2H3. The summed E-state index contributed by atoms with van der Waals surface area (Å²) in [5.41, 5.74) is 0.155. The zero-order chi connectivity index (χ0) is 15.2. The van der Waals surface area contributed by atoms with Crippen LogP contribution < -0.4 is 5.32 Å². The van der Waals surface area contributed by atoms with Crippen molar-refractivity contribution in [2.24, 2.45) is 0 Å². The SMILES string of the molecule is CCCCCCNc1ccc(S(C)(=O)=O)cc1[N+](=O)[O-]. The average Bonchev–Trinajstić information content (AvgIpc) is 2.37. The van der Waals surface area contributed by atoms with E-state index in [0.717, 1.165) is 38.0 Å². The molecule has 0 aliphatic rings. The van der Waals surface area contributed by atoms with E-state index in [9.17, 15) is 18.5 Å². The largest absolute Gasteiger partial charge is 0.379 e. The van der Waals surface area contributed by atoms with Crippen molar-refractivity contribution in [2.45, 2.75) is 37.5 Å². The van der Waals surface area contributed by atoms with Gasteiger partial charge < -0.3 is 5.32 Å². The van der Waals surface area contributed by atoms with Gasteiger partial charge in [-0.3, -0.25) is 10.1 Å². The first-order valence-corrected chi connectivity index (χ1v) is 8.47. The van der Waals surface area contributed by atoms with E-state index in [1.165, 1.54) is 12.1 Å². The molecule has 0 aromatic heterocycles. The number of nitro benzene ring substituents is 1. The van der Waals surface area contributed by atoms with Gasteiger partial charge in [-0.1, -0.05) is 26.2 Å². The molecule has 0 aliphatic heterocycles. The van der Waals surface area contributed by atoms with Crippen molar-refractivity contribution in [3.05, 3.63) is 28.3 Å². The molecule has 0 amide bonds. The van der Waals surface area contributed by atoms with Gasteiger partial charge >= 0.3 is 0 Å². The van der Waals surface area contributed by atoms with Crippen LogP contribution in [0, 0.1) is 10.1 Å². The van der Waals surface area contributed by atoms with Crippen molar-refractivity contribution in [2.75, 3.05) is 18.1 Å². The Kier molecular flexibility index (Phi) is 5.94. The monoisotopic (exact) mass is 300 g/mol. The highest BCUT2D eigenvalue weighted by molar-refractivity contribution is 7.90. The minimum atomic E-state index is -3.44. The normalized spacial score (nSPS) is 11.3. The van der Waals surface area contributed by atoms with E-state index in [2.05, 4.69) is 12.2 Å². The summed E-state index contributed by atoms with van der Waals surface area (Å²) in [6.07, 6.45) is 5.29. The topological polar surface area (TPSA) is 89.3 Å². The lowest BCUT2D eigenvalue weighted by atomic mass is 10.2. The molecule has 1 aromatic rings. The highest BCUT2D eigenvalue weighted by Crippen LogP contribution is 2.27. The van der Waals surface area contributed by atoms with Crippen LogP contribution in [-0.4, -0.2) is 26.1 Å². The number of hydrogen-bond donors (Lipinski definition) is 1. The number of sulfone groups is 1. The fourth-order valence-corrected chi connectivity index (χ4v) is 2.46. The Hall–Kier alpha value is -1.63. The maximum atomic E-state index is 11.4. The van der Waals surface area contributed by atoms with Crippen LogP contribution in [0.2, 0.25) is 0 Å². The lowest BCUT2D eigenvalue weighted by Gasteiger charge is -2.08. The minimum Gasteiger partial charge on any atom is -0.379 e. The van der Waals surface area contributed by atoms with Gasteiger partial charge in [0.1, 0.15) is 5.69 Å². The van der Waals surface area contributed by atoms with Gasteiger partial charge in [0, 0.05) is 18.9 Å². The molecule has 112 valence electrons. The second-order valence-electron chi connectivity index (χ2n) is 4.70. The second-order valence-corrected chi connectivity index (χ2v) is 6.71. The fourth-order valence-electron chi connectivity index (χ4n) is 1.82. The van der Waals surface area contributed by atoms with Gasteiger partial charge in [-0.05, 0) is 18.6 Å². The third-order valence-electron chi connectivity index (χ3n) is 2.94. The van der Waals surface area contributed by atoms with Crippen LogP contribution in [0.5, 0.6) is 0 Å². The molecule has 20 heavy (non-hydrogen) atoms. The number of nitrogens with zero attached hydrogens (tertiary/aromatic N) is 1. The summed E-state index contributed by atoms with van der Waals surface area (Å²) in [4.78, 5) is 10.4. The Morgan fingerprint density at radius 3 is 2.50 bits per heavy atom. The summed E-state index contributed by atoms with van der Waals surface area (Å²) in [6, 6.07) is 3.94. The molecule has 1 aromatic carbocycles. The predicted molar refractivity (Wildman–Crippen MR) is 78.8 cm³/mol. The van der Waals surface area contributed by atoms with Gasteiger partial charge in [0.2, 0.25) is 0 Å². The maximum Gasteiger partial charge on any atom is 0.293 e. The van der Waals surface area contributed by atoms with E-state index in [-0.39, 0.29) is 10.6 Å². The lowest BCUT2D eigenvalue weighted by Crippen LogP contribution is -2.06. The average molecular weight is 300 g/mol. The van der Waals surface area contributed by atoms with Gasteiger partial charge in [0.15, 0.2) is 9.84 Å². The smallest absolute Gasteiger partial charge is 0.293 e. The van der Waals surface area contributed by atoms with Crippen LogP contribution in [0.1, 0.15) is 32.6 Å². The Balaban J connectivity index is 2.83. The number of rotatable bonds is 8. The molecular formula is C13H20N2O4S. The number of nitrogens with one attached hydrogen (secondary N) is 1. The number of unbranched alkanes of at least 4 members (excludes halogenated alkanes) is 3. The summed E-state index contributed by atoms with van der Waals surface area (Å²) in [5.74, 6) is 0. The van der Waals surface area contributed by atoms with Crippen molar-refractivity contribution in [3.8, 4) is 0 Å². The van der Waals surface area contributed by atoms with E-state index < -0.39 is 14.8 Å². The van der Waals surface area contributed by atoms with Crippen molar-refractivity contribution < 1.29 is 13.3 Å². The van der Waals surface area contributed by atoms with Crippen LogP contribution in [0.25, 0.3) is 0 Å². The van der Waals surface area contributed by atoms with Crippen molar-refractivity contribution in [3.63, 3.8) is 0 Å². The van der Waals surface area contributed by atoms with Crippen molar-refractivity contribution >= 4 is 21.2 Å². The third-order valence-corrected chi connectivity index (χ3v) is 4.05. The first kappa shape index (κ1) is 16.4. The molecule has 0 aliphatic carbocycles. The molecule has 0 unspecified atom stereocenters. The molecular weight excluding hydrogens is 280 g/mol. The van der Waals surface area contributed by atoms with E-state index in [1.54, 1.807) is 0 Å². The van der Waals surface area contributed by atoms with Gasteiger partial charge in [0.05, 0.1) is 9.82 Å². The summed E-state index contributed by atoms with van der Waals surface area (Å²) in [7, 11) is -3.44. The van der Waals surface area contributed by atoms with Crippen LogP contribution in [0.3, 0.4) is 0 Å². The zero-order valence-corrected chi connectivity index (χ0v) is 12.6. The van der Waals surface area contributed by atoms with Crippen LogP contribution in [-0.2, 0) is 9.84 Å². The summed E-state index contributed by atoms with van der Waals surface area (Å²) in [6.45, 7) is 2.75. The van der Waals surface area contributed by atoms with E-state index in [4.69, 9.17) is 0 Å². The Morgan fingerprint density at radius 2 is 1.95 bits per heavy atom. The van der Waals surface area contributed by atoms with Crippen molar-refractivity contribution in [1.82, 2.24) is 0 Å². The molecule has 0 bridgehead atoms. The Labute approximate surface area is 119 Å². The molecule has 0 spiro atoms. The number of nitro groups is 1. The number of hydrogen-bond acceptors (Lipinski definition) is 5. The molecule has 0 saturated carbocycles. The summed E-state index contributed by atoms with van der Waals surface area (Å²) < 4.78 is 22.8. The molecule has 0 atom stereocenters. The first-order chi connectivity index (χ1) is 9.36. The fraction of sp³-hybridized carbons (Fsp3) is 0.538. The summed E-state index contributed by atoms with van der Waals surface area (Å²) in [5, 5.41) is 14.0. The molecule has 7 heteroatoms. The predicted octanol–water partition coefficient (Wildman–Crippen LogP) is 2.99. The van der Waals surface area contributed by atoms with Gasteiger partial charge in [-0.15, -0.1) is 0 Å². The molecule has 0 fully saturated rings. The van der Waals surface area contributed by atoms with Crippen molar-refractivity contribution in [1.29, 1.82) is 0 Å². The third kappa shape index (κ3) is 4.80. The molecule has 0 heterocycles. The van der Waals surface area contributed by atoms with E-state index >= 15 is 0 Å². The van der Waals surface area contributed by atoms with Crippen LogP contribution >= 0.6 is 0 Å². The Bertz CT molecular complexity index is 570.